The molecule has 5 rings (SSSR count). The fourth-order valence-electron chi connectivity index (χ4n) is 4.07. The van der Waals surface area contributed by atoms with Crippen molar-refractivity contribution in [2.75, 3.05) is 31.4 Å². The number of carbonyl (C=O) groups is 2. The highest BCUT2D eigenvalue weighted by Crippen LogP contribution is 2.58. The number of likely N-dealkylation sites (N-methyl/N-ethyl adjacent to an activating group) is 1. The second-order valence-electron chi connectivity index (χ2n) is 7.50. The SMILES string of the molecule is [2H]C([2H])([2H])Oc1nnc(NC(=O)c2cc3c(cc2-c2cc(Cl)ncc2OC)C2(CC2)C(=O)N3C)s1. The molecule has 0 atom stereocenters. The predicted molar refractivity (Wildman–Crippen MR) is 120 cm³/mol. The van der Waals surface area contributed by atoms with Crippen molar-refractivity contribution in [2.45, 2.75) is 18.3 Å². The van der Waals surface area contributed by atoms with Crippen LogP contribution in [0.1, 0.15) is 32.9 Å². The van der Waals surface area contributed by atoms with Crippen molar-refractivity contribution in [1.82, 2.24) is 15.2 Å². The summed E-state index contributed by atoms with van der Waals surface area (Å²) in [4.78, 5) is 32.0. The maximum Gasteiger partial charge on any atom is 0.295 e. The minimum Gasteiger partial charge on any atom is -0.494 e. The van der Waals surface area contributed by atoms with Crippen molar-refractivity contribution in [1.29, 1.82) is 0 Å². The number of anilines is 2. The van der Waals surface area contributed by atoms with Crippen LogP contribution in [-0.2, 0) is 10.2 Å². The molecule has 1 aromatic carbocycles. The average molecular weight is 475 g/mol. The normalized spacial score (nSPS) is 17.4. The molecule has 1 aliphatic carbocycles. The van der Waals surface area contributed by atoms with E-state index in [0.717, 1.165) is 29.7 Å². The number of halogens is 1. The van der Waals surface area contributed by atoms with E-state index in [4.69, 9.17) is 25.2 Å². The van der Waals surface area contributed by atoms with Crippen LogP contribution in [0.2, 0.25) is 5.15 Å². The number of aromatic nitrogens is 3. The molecule has 2 amide bonds. The van der Waals surface area contributed by atoms with Gasteiger partial charge < -0.3 is 14.4 Å². The Kier molecular flexibility index (Phi) is 4.02. The van der Waals surface area contributed by atoms with Crippen LogP contribution in [0.25, 0.3) is 11.1 Å². The molecule has 0 radical (unpaired) electrons. The van der Waals surface area contributed by atoms with Gasteiger partial charge in [0, 0.05) is 23.9 Å². The number of hydrogen-bond donors (Lipinski definition) is 1. The molecule has 3 aromatic rings. The van der Waals surface area contributed by atoms with Gasteiger partial charge in [0.05, 0.1) is 29.9 Å². The number of nitrogens with one attached hydrogen (secondary N) is 1. The molecule has 164 valence electrons. The molecule has 1 spiro atoms. The van der Waals surface area contributed by atoms with Crippen LogP contribution in [0.3, 0.4) is 0 Å². The first kappa shape index (κ1) is 17.3. The Morgan fingerprint density at radius 2 is 2.09 bits per heavy atom. The van der Waals surface area contributed by atoms with E-state index in [1.165, 1.54) is 13.3 Å². The second-order valence-corrected chi connectivity index (χ2v) is 8.83. The molecule has 0 bridgehead atoms. The molecule has 0 saturated heterocycles. The number of carbonyl (C=O) groups excluding carboxylic acids is 2. The molecule has 1 N–H and O–H groups in total. The smallest absolute Gasteiger partial charge is 0.295 e. The van der Waals surface area contributed by atoms with Gasteiger partial charge in [-0.1, -0.05) is 16.7 Å². The van der Waals surface area contributed by atoms with E-state index >= 15 is 0 Å². The highest BCUT2D eigenvalue weighted by molar-refractivity contribution is 7.17. The number of ether oxygens (including phenoxy) is 2. The van der Waals surface area contributed by atoms with Gasteiger partial charge in [-0.15, -0.1) is 5.10 Å². The lowest BCUT2D eigenvalue weighted by molar-refractivity contribution is -0.119. The Bertz CT molecular complexity index is 1380. The summed E-state index contributed by atoms with van der Waals surface area (Å²) in [7, 11) is 0.471. The topological polar surface area (TPSA) is 107 Å². The standard InChI is InChI=1S/C21H18ClN5O4S/c1-27-14-7-12(17(28)24-19-25-26-20(31-3)32-19)10(6-13(14)21(4-5-21)18(27)29)11-8-16(22)23-9-15(11)30-2/h6-9H,4-5H2,1-3H3,(H,24,25,28)/i3D3. The van der Waals surface area contributed by atoms with E-state index in [1.54, 1.807) is 24.1 Å². The number of benzene rings is 1. The quantitative estimate of drug-likeness (QED) is 0.563. The van der Waals surface area contributed by atoms with E-state index < -0.39 is 18.4 Å². The summed E-state index contributed by atoms with van der Waals surface area (Å²) in [5, 5.41) is 10.1. The first-order valence-electron chi connectivity index (χ1n) is 11.0. The molecule has 11 heteroatoms. The molecular formula is C21H18ClN5O4S. The highest BCUT2D eigenvalue weighted by atomic mass is 35.5. The monoisotopic (exact) mass is 474 g/mol. The van der Waals surface area contributed by atoms with Gasteiger partial charge in [0.1, 0.15) is 10.9 Å². The van der Waals surface area contributed by atoms with Gasteiger partial charge >= 0.3 is 0 Å². The van der Waals surface area contributed by atoms with Crippen LogP contribution >= 0.6 is 22.9 Å². The van der Waals surface area contributed by atoms with E-state index in [9.17, 15) is 9.59 Å². The maximum absolute atomic E-state index is 13.4. The average Bonchev–Trinajstić information content (AvgIpc) is 3.46. The number of methoxy groups -OCH3 is 2. The second kappa shape index (κ2) is 7.42. The summed E-state index contributed by atoms with van der Waals surface area (Å²) >= 11 is 6.94. The Morgan fingerprint density at radius 1 is 1.28 bits per heavy atom. The first-order chi connectivity index (χ1) is 16.5. The van der Waals surface area contributed by atoms with Crippen molar-refractivity contribution in [3.05, 3.63) is 40.7 Å². The minimum atomic E-state index is -2.69. The van der Waals surface area contributed by atoms with Gasteiger partial charge in [0.15, 0.2) is 0 Å². The molecule has 2 aromatic heterocycles. The van der Waals surface area contributed by atoms with Crippen molar-refractivity contribution in [3.63, 3.8) is 0 Å². The van der Waals surface area contributed by atoms with Crippen molar-refractivity contribution >= 4 is 45.6 Å². The van der Waals surface area contributed by atoms with Crippen molar-refractivity contribution < 1.29 is 23.2 Å². The number of fused-ring (bicyclic) bond motifs is 2. The third-order valence-electron chi connectivity index (χ3n) is 5.78. The molecule has 2 aliphatic rings. The van der Waals surface area contributed by atoms with E-state index in [1.807, 2.05) is 6.07 Å². The number of pyridine rings is 1. The van der Waals surface area contributed by atoms with E-state index in [-0.39, 0.29) is 26.9 Å². The van der Waals surface area contributed by atoms with Crippen LogP contribution in [0.15, 0.2) is 24.4 Å². The molecule has 9 nitrogen and oxygen atoms in total. The van der Waals surface area contributed by atoms with Gasteiger partial charge in [0.2, 0.25) is 11.0 Å². The van der Waals surface area contributed by atoms with Crippen LogP contribution in [0, 0.1) is 0 Å². The number of amides is 2. The fourth-order valence-corrected chi connectivity index (χ4v) is 4.74. The summed E-state index contributed by atoms with van der Waals surface area (Å²) in [5.74, 6) is -0.159. The Morgan fingerprint density at radius 3 is 2.81 bits per heavy atom. The Labute approximate surface area is 196 Å². The lowest BCUT2D eigenvalue weighted by Crippen LogP contribution is -2.28. The van der Waals surface area contributed by atoms with Crippen LogP contribution < -0.4 is 19.7 Å². The maximum atomic E-state index is 13.4. The Balaban J connectivity index is 1.60. The van der Waals surface area contributed by atoms with Crippen LogP contribution in [0.4, 0.5) is 10.8 Å². The summed E-state index contributed by atoms with van der Waals surface area (Å²) in [6.45, 7) is 0. The van der Waals surface area contributed by atoms with Crippen LogP contribution in [0.5, 0.6) is 10.9 Å². The molecule has 1 saturated carbocycles. The summed E-state index contributed by atoms with van der Waals surface area (Å²) in [5.41, 5.74) is 2.18. The highest BCUT2D eigenvalue weighted by Gasteiger charge is 2.58. The number of rotatable bonds is 5. The molecule has 0 unspecified atom stereocenters. The molecule has 1 fully saturated rings. The fraction of sp³-hybridized carbons (Fsp3) is 0.286. The minimum absolute atomic E-state index is 0.00804. The van der Waals surface area contributed by atoms with Crippen molar-refractivity contribution in [2.24, 2.45) is 0 Å². The first-order valence-corrected chi connectivity index (χ1v) is 10.7. The zero-order chi connectivity index (χ0) is 25.1. The predicted octanol–water partition coefficient (Wildman–Crippen LogP) is 3.53. The van der Waals surface area contributed by atoms with Gasteiger partial charge in [-0.2, -0.15) is 0 Å². The van der Waals surface area contributed by atoms with Gasteiger partial charge in [0.25, 0.3) is 11.1 Å². The Hall–Kier alpha value is -3.24. The zero-order valence-corrected chi connectivity index (χ0v) is 18.5. The third-order valence-corrected chi connectivity index (χ3v) is 6.70. The summed E-state index contributed by atoms with van der Waals surface area (Å²) in [6, 6.07) is 5.07. The van der Waals surface area contributed by atoms with Gasteiger partial charge in [-0.05, 0) is 53.5 Å². The van der Waals surface area contributed by atoms with E-state index in [0.29, 0.717) is 22.6 Å². The molecule has 32 heavy (non-hydrogen) atoms. The van der Waals surface area contributed by atoms with Gasteiger partial charge in [-0.3, -0.25) is 14.9 Å². The van der Waals surface area contributed by atoms with Crippen LogP contribution in [-0.4, -0.2) is 48.2 Å². The number of nitrogens with zero attached hydrogens (tertiary/aromatic N) is 4. The summed E-state index contributed by atoms with van der Waals surface area (Å²) in [6.07, 6.45) is 2.93. The molecular weight excluding hydrogens is 454 g/mol. The lowest BCUT2D eigenvalue weighted by Gasteiger charge is -2.17. The summed E-state index contributed by atoms with van der Waals surface area (Å²) < 4.78 is 31.7. The third kappa shape index (κ3) is 3.09. The van der Waals surface area contributed by atoms with Gasteiger partial charge in [-0.25, -0.2) is 4.98 Å². The number of hydrogen-bond acceptors (Lipinski definition) is 8. The molecule has 1 aliphatic heterocycles. The zero-order valence-electron chi connectivity index (χ0n) is 19.9. The molecule has 3 heterocycles. The van der Waals surface area contributed by atoms with E-state index in [2.05, 4.69) is 20.5 Å². The van der Waals surface area contributed by atoms with Crippen molar-refractivity contribution in [3.8, 4) is 22.1 Å². The lowest BCUT2D eigenvalue weighted by atomic mass is 9.90. The largest absolute Gasteiger partial charge is 0.494 e.